The third-order valence-electron chi connectivity index (χ3n) is 5.20. The predicted octanol–water partition coefficient (Wildman–Crippen LogP) is 2.94. The molecule has 3 nitrogen and oxygen atoms in total. The van der Waals surface area contributed by atoms with Gasteiger partial charge in [0.2, 0.25) is 0 Å². The zero-order valence-corrected chi connectivity index (χ0v) is 13.9. The van der Waals surface area contributed by atoms with E-state index in [2.05, 4.69) is 55.2 Å². The van der Waals surface area contributed by atoms with Crippen molar-refractivity contribution in [3.63, 3.8) is 0 Å². The van der Waals surface area contributed by atoms with Crippen molar-refractivity contribution in [2.75, 3.05) is 32.1 Å². The highest BCUT2D eigenvalue weighted by Crippen LogP contribution is 2.34. The van der Waals surface area contributed by atoms with Crippen molar-refractivity contribution in [1.29, 1.82) is 0 Å². The minimum absolute atomic E-state index is 0.618. The molecule has 0 bridgehead atoms. The standard InChI is InChI=1S/C18H29N3/c1-13(2)15-5-6-18(17-12-19-11-16(15)17)21-9-7-14(8-10-21)20(3)4/h5-6,13-14,19H,7-12H2,1-4H3. The maximum absolute atomic E-state index is 3.55. The largest absolute Gasteiger partial charge is 0.371 e. The van der Waals surface area contributed by atoms with Crippen LogP contribution in [0, 0.1) is 0 Å². The minimum Gasteiger partial charge on any atom is -0.371 e. The van der Waals surface area contributed by atoms with Crippen molar-refractivity contribution >= 4 is 5.69 Å². The van der Waals surface area contributed by atoms with E-state index in [9.17, 15) is 0 Å². The summed E-state index contributed by atoms with van der Waals surface area (Å²) in [5, 5.41) is 3.55. The lowest BCUT2D eigenvalue weighted by Crippen LogP contribution is -2.42. The first-order chi connectivity index (χ1) is 10.1. The van der Waals surface area contributed by atoms with Gasteiger partial charge in [-0.05, 0) is 55.6 Å². The summed E-state index contributed by atoms with van der Waals surface area (Å²) in [6.45, 7) is 9.07. The quantitative estimate of drug-likeness (QED) is 0.922. The van der Waals surface area contributed by atoms with Crippen molar-refractivity contribution in [2.45, 2.75) is 51.7 Å². The van der Waals surface area contributed by atoms with E-state index in [4.69, 9.17) is 0 Å². The molecule has 0 aliphatic carbocycles. The average molecular weight is 287 g/mol. The molecule has 1 N–H and O–H groups in total. The second-order valence-corrected chi connectivity index (χ2v) is 7.07. The Balaban J connectivity index is 1.83. The van der Waals surface area contributed by atoms with Crippen molar-refractivity contribution in [1.82, 2.24) is 10.2 Å². The Morgan fingerprint density at radius 2 is 1.76 bits per heavy atom. The van der Waals surface area contributed by atoms with Gasteiger partial charge in [0, 0.05) is 37.9 Å². The van der Waals surface area contributed by atoms with Crippen LogP contribution in [0.1, 0.15) is 49.3 Å². The van der Waals surface area contributed by atoms with E-state index in [1.165, 1.54) is 37.2 Å². The lowest BCUT2D eigenvalue weighted by Gasteiger charge is -2.37. The molecule has 0 saturated carbocycles. The maximum atomic E-state index is 3.55. The van der Waals surface area contributed by atoms with Gasteiger partial charge in [0.1, 0.15) is 0 Å². The van der Waals surface area contributed by atoms with Crippen LogP contribution in [0.4, 0.5) is 5.69 Å². The molecule has 2 aliphatic heterocycles. The summed E-state index contributed by atoms with van der Waals surface area (Å²) in [7, 11) is 4.42. The number of anilines is 1. The third-order valence-corrected chi connectivity index (χ3v) is 5.20. The molecular formula is C18H29N3. The smallest absolute Gasteiger partial charge is 0.0415 e. The molecule has 1 fully saturated rings. The van der Waals surface area contributed by atoms with E-state index in [-0.39, 0.29) is 0 Å². The van der Waals surface area contributed by atoms with Crippen LogP contribution in [-0.2, 0) is 13.1 Å². The van der Waals surface area contributed by atoms with Gasteiger partial charge < -0.3 is 15.1 Å². The molecule has 1 saturated heterocycles. The molecule has 2 aliphatic rings. The molecule has 0 aromatic heterocycles. The highest BCUT2D eigenvalue weighted by atomic mass is 15.2. The highest BCUT2D eigenvalue weighted by Gasteiger charge is 2.26. The number of benzene rings is 1. The molecule has 116 valence electrons. The second-order valence-electron chi connectivity index (χ2n) is 7.07. The SMILES string of the molecule is CC(C)c1ccc(N2CCC(N(C)C)CC2)c2c1CNC2. The number of piperidine rings is 1. The van der Waals surface area contributed by atoms with Crippen molar-refractivity contribution in [3.05, 3.63) is 28.8 Å². The third kappa shape index (κ3) is 2.82. The summed E-state index contributed by atoms with van der Waals surface area (Å²) in [6, 6.07) is 5.49. The zero-order valence-electron chi connectivity index (χ0n) is 13.9. The zero-order chi connectivity index (χ0) is 15.0. The fourth-order valence-electron chi connectivity index (χ4n) is 3.88. The van der Waals surface area contributed by atoms with E-state index in [1.54, 1.807) is 11.1 Å². The Labute approximate surface area is 129 Å². The van der Waals surface area contributed by atoms with Crippen LogP contribution in [0.25, 0.3) is 0 Å². The van der Waals surface area contributed by atoms with Crippen LogP contribution >= 0.6 is 0 Å². The molecule has 0 unspecified atom stereocenters. The van der Waals surface area contributed by atoms with Crippen LogP contribution < -0.4 is 10.2 Å². The number of hydrogen-bond acceptors (Lipinski definition) is 3. The first-order valence-corrected chi connectivity index (χ1v) is 8.34. The van der Waals surface area contributed by atoms with Crippen LogP contribution in [-0.4, -0.2) is 38.1 Å². The summed E-state index contributed by atoms with van der Waals surface area (Å²) in [4.78, 5) is 4.99. The summed E-state index contributed by atoms with van der Waals surface area (Å²) in [6.07, 6.45) is 2.56. The molecule has 21 heavy (non-hydrogen) atoms. The molecule has 2 heterocycles. The average Bonchev–Trinajstić information content (AvgIpc) is 2.95. The van der Waals surface area contributed by atoms with Gasteiger partial charge in [-0.3, -0.25) is 0 Å². The van der Waals surface area contributed by atoms with Gasteiger partial charge >= 0.3 is 0 Å². The molecule has 0 spiro atoms. The number of nitrogens with one attached hydrogen (secondary N) is 1. The van der Waals surface area contributed by atoms with Crippen LogP contribution in [0.3, 0.4) is 0 Å². The van der Waals surface area contributed by atoms with Gasteiger partial charge in [0.05, 0.1) is 0 Å². The molecule has 3 rings (SSSR count). The second kappa shape index (κ2) is 5.98. The Morgan fingerprint density at radius 3 is 2.38 bits per heavy atom. The van der Waals surface area contributed by atoms with Gasteiger partial charge in [0.15, 0.2) is 0 Å². The van der Waals surface area contributed by atoms with Crippen molar-refractivity contribution in [3.8, 4) is 0 Å². The molecule has 0 radical (unpaired) electrons. The van der Waals surface area contributed by atoms with E-state index < -0.39 is 0 Å². The van der Waals surface area contributed by atoms with E-state index >= 15 is 0 Å². The van der Waals surface area contributed by atoms with Crippen molar-refractivity contribution < 1.29 is 0 Å². The maximum Gasteiger partial charge on any atom is 0.0415 e. The monoisotopic (exact) mass is 287 g/mol. The molecule has 1 aromatic carbocycles. The number of nitrogens with zero attached hydrogens (tertiary/aromatic N) is 2. The Hall–Kier alpha value is -1.06. The van der Waals surface area contributed by atoms with Crippen molar-refractivity contribution in [2.24, 2.45) is 0 Å². The first-order valence-electron chi connectivity index (χ1n) is 8.34. The van der Waals surface area contributed by atoms with Gasteiger partial charge in [0.25, 0.3) is 0 Å². The van der Waals surface area contributed by atoms with Gasteiger partial charge in [-0.15, -0.1) is 0 Å². The van der Waals surface area contributed by atoms with Crippen LogP contribution in [0.2, 0.25) is 0 Å². The van der Waals surface area contributed by atoms with Gasteiger partial charge in [-0.2, -0.15) is 0 Å². The fourth-order valence-corrected chi connectivity index (χ4v) is 3.88. The first kappa shape index (κ1) is 14.9. The topological polar surface area (TPSA) is 18.5 Å². The summed E-state index contributed by atoms with van der Waals surface area (Å²) >= 11 is 0. The van der Waals surface area contributed by atoms with E-state index in [1.807, 2.05) is 0 Å². The Bertz CT molecular complexity index is 499. The number of hydrogen-bond donors (Lipinski definition) is 1. The van der Waals surface area contributed by atoms with Gasteiger partial charge in [-0.1, -0.05) is 19.9 Å². The normalized spacial score (nSPS) is 19.6. The number of fused-ring (bicyclic) bond motifs is 1. The van der Waals surface area contributed by atoms with E-state index in [0.717, 1.165) is 19.1 Å². The lowest BCUT2D eigenvalue weighted by molar-refractivity contribution is 0.249. The molecule has 1 aromatic rings. The Kier molecular flexibility index (Phi) is 4.23. The molecule has 3 heteroatoms. The molecule has 0 amide bonds. The molecular weight excluding hydrogens is 258 g/mol. The van der Waals surface area contributed by atoms with E-state index in [0.29, 0.717) is 5.92 Å². The van der Waals surface area contributed by atoms with Gasteiger partial charge in [-0.25, -0.2) is 0 Å². The summed E-state index contributed by atoms with van der Waals surface area (Å²) in [5.41, 5.74) is 6.14. The lowest BCUT2D eigenvalue weighted by atomic mass is 9.92. The predicted molar refractivity (Wildman–Crippen MR) is 90.0 cm³/mol. The van der Waals surface area contributed by atoms with Crippen LogP contribution in [0.15, 0.2) is 12.1 Å². The Morgan fingerprint density at radius 1 is 1.10 bits per heavy atom. The summed E-state index contributed by atoms with van der Waals surface area (Å²) in [5.74, 6) is 0.618. The molecule has 0 atom stereocenters. The number of rotatable bonds is 3. The summed E-state index contributed by atoms with van der Waals surface area (Å²) < 4.78 is 0. The fraction of sp³-hybridized carbons (Fsp3) is 0.667. The van der Waals surface area contributed by atoms with Crippen LogP contribution in [0.5, 0.6) is 0 Å². The minimum atomic E-state index is 0.618. The highest BCUT2D eigenvalue weighted by molar-refractivity contribution is 5.61.